The summed E-state index contributed by atoms with van der Waals surface area (Å²) in [6.45, 7) is 4.11. The first-order valence-electron chi connectivity index (χ1n) is 6.51. The number of benzene rings is 1. The van der Waals surface area contributed by atoms with Crippen LogP contribution in [0, 0.1) is 0 Å². The summed E-state index contributed by atoms with van der Waals surface area (Å²) in [5.41, 5.74) is 0. The molecule has 0 heterocycles. The molecular weight excluding hydrogens is 250 g/mol. The van der Waals surface area contributed by atoms with E-state index in [0.29, 0.717) is 24.6 Å². The molecule has 1 aliphatic rings. The largest absolute Gasteiger partial charge is 0.490 e. The van der Waals surface area contributed by atoms with Gasteiger partial charge in [-0.1, -0.05) is 12.1 Å². The highest BCUT2D eigenvalue weighted by Gasteiger charge is 2.26. The Balaban J connectivity index is 1.69. The fraction of sp³-hybridized carbons (Fsp3) is 0.571. The van der Waals surface area contributed by atoms with Crippen LogP contribution in [0.1, 0.15) is 19.8 Å². The molecule has 3 nitrogen and oxygen atoms in total. The van der Waals surface area contributed by atoms with Gasteiger partial charge in [0.2, 0.25) is 0 Å². The second kappa shape index (κ2) is 6.86. The normalized spacial score (nSPS) is 22.3. The van der Waals surface area contributed by atoms with Crippen LogP contribution in [0.3, 0.4) is 0 Å². The second-order valence-electron chi connectivity index (χ2n) is 4.45. The number of halogens is 1. The fourth-order valence-corrected chi connectivity index (χ4v) is 2.41. The van der Waals surface area contributed by atoms with Gasteiger partial charge < -0.3 is 14.8 Å². The number of ether oxygens (including phenoxy) is 2. The summed E-state index contributed by atoms with van der Waals surface area (Å²) in [5, 5.41) is 3.78. The van der Waals surface area contributed by atoms with E-state index in [1.807, 2.05) is 31.2 Å². The summed E-state index contributed by atoms with van der Waals surface area (Å²) in [6, 6.07) is 8.33. The summed E-state index contributed by atoms with van der Waals surface area (Å²) >= 11 is 5.92. The summed E-state index contributed by atoms with van der Waals surface area (Å²) in [5.74, 6) is 1.62. The van der Waals surface area contributed by atoms with E-state index >= 15 is 0 Å². The van der Waals surface area contributed by atoms with Gasteiger partial charge in [-0.3, -0.25) is 0 Å². The number of alkyl halides is 1. The van der Waals surface area contributed by atoms with Gasteiger partial charge >= 0.3 is 0 Å². The molecule has 0 radical (unpaired) electrons. The van der Waals surface area contributed by atoms with E-state index in [1.54, 1.807) is 0 Å². The molecule has 1 aromatic carbocycles. The minimum Gasteiger partial charge on any atom is -0.490 e. The van der Waals surface area contributed by atoms with Crippen LogP contribution in [0.15, 0.2) is 24.3 Å². The van der Waals surface area contributed by atoms with Crippen molar-refractivity contribution < 1.29 is 9.47 Å². The van der Waals surface area contributed by atoms with E-state index in [9.17, 15) is 0 Å². The Kier molecular flexibility index (Phi) is 5.14. The van der Waals surface area contributed by atoms with Crippen LogP contribution in [0.25, 0.3) is 0 Å². The minimum absolute atomic E-state index is 0.363. The highest BCUT2D eigenvalue weighted by Crippen LogP contribution is 2.27. The van der Waals surface area contributed by atoms with Gasteiger partial charge in [0.25, 0.3) is 0 Å². The van der Waals surface area contributed by atoms with Crippen molar-refractivity contribution in [3.63, 3.8) is 0 Å². The first-order chi connectivity index (χ1) is 8.79. The van der Waals surface area contributed by atoms with E-state index in [1.165, 1.54) is 0 Å². The molecule has 0 amide bonds. The number of para-hydroxylation sites is 2. The molecule has 1 aromatic rings. The lowest BCUT2D eigenvalue weighted by Crippen LogP contribution is -2.43. The second-order valence-corrected chi connectivity index (χ2v) is 5.07. The van der Waals surface area contributed by atoms with Crippen molar-refractivity contribution in [2.75, 3.05) is 19.8 Å². The molecule has 100 valence electrons. The average Bonchev–Trinajstić information content (AvgIpc) is 2.34. The zero-order chi connectivity index (χ0) is 12.8. The molecule has 1 N–H and O–H groups in total. The van der Waals surface area contributed by atoms with Crippen LogP contribution < -0.4 is 14.8 Å². The van der Waals surface area contributed by atoms with Gasteiger partial charge in [0.05, 0.1) is 6.61 Å². The first-order valence-corrected chi connectivity index (χ1v) is 6.95. The number of rotatable bonds is 7. The van der Waals surface area contributed by atoms with Crippen molar-refractivity contribution >= 4 is 11.6 Å². The average molecular weight is 270 g/mol. The molecule has 1 saturated carbocycles. The van der Waals surface area contributed by atoms with Crippen LogP contribution in [-0.4, -0.2) is 31.2 Å². The Labute approximate surface area is 113 Å². The molecule has 4 heteroatoms. The van der Waals surface area contributed by atoms with Gasteiger partial charge in [-0.05, 0) is 31.9 Å². The highest BCUT2D eigenvalue weighted by molar-refractivity contribution is 6.21. The zero-order valence-electron chi connectivity index (χ0n) is 10.7. The lowest BCUT2D eigenvalue weighted by Gasteiger charge is -2.31. The van der Waals surface area contributed by atoms with Crippen molar-refractivity contribution in [1.29, 1.82) is 0 Å². The SMILES string of the molecule is CCOc1ccccc1OCCNC1CC(Cl)C1. The minimum atomic E-state index is 0.363. The molecule has 0 aliphatic heterocycles. The smallest absolute Gasteiger partial charge is 0.161 e. The van der Waals surface area contributed by atoms with E-state index in [0.717, 1.165) is 30.9 Å². The number of hydrogen-bond donors (Lipinski definition) is 1. The maximum Gasteiger partial charge on any atom is 0.161 e. The maximum atomic E-state index is 5.92. The van der Waals surface area contributed by atoms with E-state index in [-0.39, 0.29) is 0 Å². The molecule has 0 bridgehead atoms. The predicted molar refractivity (Wildman–Crippen MR) is 73.8 cm³/mol. The third-order valence-electron chi connectivity index (χ3n) is 3.02. The van der Waals surface area contributed by atoms with E-state index in [2.05, 4.69) is 5.32 Å². The van der Waals surface area contributed by atoms with E-state index in [4.69, 9.17) is 21.1 Å². The Morgan fingerprint density at radius 2 is 1.89 bits per heavy atom. The van der Waals surface area contributed by atoms with Crippen LogP contribution in [0.5, 0.6) is 11.5 Å². The summed E-state index contributed by atoms with van der Waals surface area (Å²) < 4.78 is 11.2. The lowest BCUT2D eigenvalue weighted by atomic mass is 9.92. The van der Waals surface area contributed by atoms with Gasteiger partial charge in [0.15, 0.2) is 11.5 Å². The quantitative estimate of drug-likeness (QED) is 0.610. The summed E-state index contributed by atoms with van der Waals surface area (Å²) in [6.07, 6.45) is 2.13. The summed E-state index contributed by atoms with van der Waals surface area (Å²) in [7, 11) is 0. The van der Waals surface area contributed by atoms with Crippen molar-refractivity contribution in [3.8, 4) is 11.5 Å². The molecule has 18 heavy (non-hydrogen) atoms. The maximum absolute atomic E-state index is 5.92. The molecule has 0 saturated heterocycles. The molecule has 0 atom stereocenters. The Morgan fingerprint density at radius 3 is 2.50 bits per heavy atom. The molecule has 2 rings (SSSR count). The van der Waals surface area contributed by atoms with Gasteiger partial charge in [0, 0.05) is 18.0 Å². The standard InChI is InChI=1S/C14H20ClNO2/c1-2-17-13-5-3-4-6-14(13)18-8-7-16-12-9-11(15)10-12/h3-6,11-12,16H,2,7-10H2,1H3. The first kappa shape index (κ1) is 13.5. The third kappa shape index (κ3) is 3.79. The van der Waals surface area contributed by atoms with Crippen LogP contribution in [0.2, 0.25) is 0 Å². The van der Waals surface area contributed by atoms with E-state index < -0.39 is 0 Å². The molecule has 0 unspecified atom stereocenters. The van der Waals surface area contributed by atoms with Crippen LogP contribution >= 0.6 is 11.6 Å². The zero-order valence-corrected chi connectivity index (χ0v) is 11.5. The molecule has 0 aromatic heterocycles. The molecule has 1 fully saturated rings. The number of hydrogen-bond acceptors (Lipinski definition) is 3. The van der Waals surface area contributed by atoms with Crippen molar-refractivity contribution in [2.45, 2.75) is 31.2 Å². The van der Waals surface area contributed by atoms with Gasteiger partial charge in [0.1, 0.15) is 6.61 Å². The molecule has 0 spiro atoms. The highest BCUT2D eigenvalue weighted by atomic mass is 35.5. The molecule has 1 aliphatic carbocycles. The van der Waals surface area contributed by atoms with Crippen molar-refractivity contribution in [2.24, 2.45) is 0 Å². The van der Waals surface area contributed by atoms with Gasteiger partial charge in [-0.2, -0.15) is 0 Å². The van der Waals surface area contributed by atoms with Crippen molar-refractivity contribution in [3.05, 3.63) is 24.3 Å². The predicted octanol–water partition coefficient (Wildman–Crippen LogP) is 2.82. The topological polar surface area (TPSA) is 30.5 Å². The molecular formula is C14H20ClNO2. The summed E-state index contributed by atoms with van der Waals surface area (Å²) in [4.78, 5) is 0. The van der Waals surface area contributed by atoms with Crippen LogP contribution in [0.4, 0.5) is 0 Å². The van der Waals surface area contributed by atoms with Crippen LogP contribution in [-0.2, 0) is 0 Å². The Morgan fingerprint density at radius 1 is 1.22 bits per heavy atom. The Bertz CT molecular complexity index is 367. The van der Waals surface area contributed by atoms with Gasteiger partial charge in [-0.25, -0.2) is 0 Å². The lowest BCUT2D eigenvalue weighted by molar-refractivity contribution is 0.259. The Hall–Kier alpha value is -0.930. The fourth-order valence-electron chi connectivity index (χ4n) is 1.98. The number of nitrogens with one attached hydrogen (secondary N) is 1. The monoisotopic (exact) mass is 269 g/mol. The van der Waals surface area contributed by atoms with Crippen molar-refractivity contribution in [1.82, 2.24) is 5.32 Å². The van der Waals surface area contributed by atoms with Gasteiger partial charge in [-0.15, -0.1) is 11.6 Å². The third-order valence-corrected chi connectivity index (χ3v) is 3.38.